The third-order valence-corrected chi connectivity index (χ3v) is 9.05. The van der Waals surface area contributed by atoms with E-state index in [4.69, 9.17) is 26.1 Å². The highest BCUT2D eigenvalue weighted by molar-refractivity contribution is 6.30. The number of hydrogen-bond acceptors (Lipinski definition) is 8. The van der Waals surface area contributed by atoms with Gasteiger partial charge in [-0.05, 0) is 62.6 Å². The van der Waals surface area contributed by atoms with Crippen LogP contribution in [0.1, 0.15) is 64.1 Å². The Morgan fingerprint density at radius 3 is 2.74 bits per heavy atom. The van der Waals surface area contributed by atoms with Crippen molar-refractivity contribution in [1.29, 1.82) is 0 Å². The van der Waals surface area contributed by atoms with Gasteiger partial charge in [0.05, 0.1) is 33.5 Å². The molecule has 12 heteroatoms. The number of pyridine rings is 2. The molecule has 1 saturated heterocycles. The molecule has 5 aromatic rings. The quantitative estimate of drug-likeness (QED) is 0.250. The second-order valence-corrected chi connectivity index (χ2v) is 12.1. The fraction of sp³-hybridized carbons (Fsp3) is 0.467. The molecule has 7 rings (SSSR count). The normalized spacial score (nSPS) is 21.0. The van der Waals surface area contributed by atoms with Crippen LogP contribution in [0.15, 0.2) is 46.1 Å². The summed E-state index contributed by atoms with van der Waals surface area (Å²) in [6, 6.07) is 6.05. The lowest BCUT2D eigenvalue weighted by atomic mass is 9.83. The summed E-state index contributed by atoms with van der Waals surface area (Å²) in [4.78, 5) is 31.6. The van der Waals surface area contributed by atoms with Crippen molar-refractivity contribution in [3.05, 3.63) is 58.1 Å². The van der Waals surface area contributed by atoms with Gasteiger partial charge in [-0.1, -0.05) is 36.5 Å². The molecule has 6 heterocycles. The van der Waals surface area contributed by atoms with Crippen molar-refractivity contribution in [2.45, 2.75) is 71.5 Å². The van der Waals surface area contributed by atoms with Crippen molar-refractivity contribution >= 4 is 28.6 Å². The topological polar surface area (TPSA) is 124 Å². The van der Waals surface area contributed by atoms with Gasteiger partial charge in [-0.15, -0.1) is 0 Å². The van der Waals surface area contributed by atoms with Crippen molar-refractivity contribution in [3.8, 4) is 22.8 Å². The van der Waals surface area contributed by atoms with Crippen LogP contribution in [-0.2, 0) is 13.1 Å². The third-order valence-electron chi connectivity index (χ3n) is 8.84. The fourth-order valence-corrected chi connectivity index (χ4v) is 6.89. The zero-order valence-corrected chi connectivity index (χ0v) is 24.6. The van der Waals surface area contributed by atoms with Crippen LogP contribution in [0.5, 0.6) is 0 Å². The molecular weight excluding hydrogens is 554 g/mol. The van der Waals surface area contributed by atoms with Crippen LogP contribution in [0.25, 0.3) is 33.8 Å². The summed E-state index contributed by atoms with van der Waals surface area (Å²) < 4.78 is 9.28. The van der Waals surface area contributed by atoms with Gasteiger partial charge in [-0.25, -0.2) is 14.8 Å². The van der Waals surface area contributed by atoms with Gasteiger partial charge < -0.3 is 9.47 Å². The van der Waals surface area contributed by atoms with Crippen molar-refractivity contribution < 1.29 is 4.52 Å². The molecule has 1 N–H and O–H groups in total. The van der Waals surface area contributed by atoms with Crippen LogP contribution < -0.4 is 10.7 Å². The number of rotatable bonds is 7. The van der Waals surface area contributed by atoms with E-state index in [0.29, 0.717) is 22.3 Å². The molecule has 1 unspecified atom stereocenters. The van der Waals surface area contributed by atoms with E-state index in [1.807, 2.05) is 18.3 Å². The summed E-state index contributed by atoms with van der Waals surface area (Å²) in [7, 11) is 0. The number of anilines is 1. The van der Waals surface area contributed by atoms with Crippen molar-refractivity contribution in [2.75, 3.05) is 11.4 Å². The summed E-state index contributed by atoms with van der Waals surface area (Å²) >= 11 is 6.42. The minimum atomic E-state index is -0.636. The molecule has 2 fully saturated rings. The highest BCUT2D eigenvalue weighted by Gasteiger charge is 2.34. The van der Waals surface area contributed by atoms with Crippen LogP contribution in [0.2, 0.25) is 5.02 Å². The number of hydrogen-bond donors (Lipinski definition) is 1. The summed E-state index contributed by atoms with van der Waals surface area (Å²) in [5.41, 5.74) is 4.83. The van der Waals surface area contributed by atoms with Gasteiger partial charge >= 0.3 is 5.76 Å². The van der Waals surface area contributed by atoms with E-state index in [2.05, 4.69) is 54.3 Å². The Bertz CT molecular complexity index is 1780. The molecule has 0 aromatic carbocycles. The van der Waals surface area contributed by atoms with Crippen LogP contribution in [0.4, 0.5) is 5.95 Å². The van der Waals surface area contributed by atoms with Gasteiger partial charge in [0.25, 0.3) is 0 Å². The maximum Gasteiger partial charge on any atom is 0.439 e. The van der Waals surface area contributed by atoms with Gasteiger partial charge in [-0.3, -0.25) is 19.2 Å². The molecule has 0 bridgehead atoms. The van der Waals surface area contributed by atoms with Crippen molar-refractivity contribution in [2.24, 2.45) is 11.8 Å². The average Bonchev–Trinajstić information content (AvgIpc) is 3.80. The lowest BCUT2D eigenvalue weighted by Crippen LogP contribution is -2.29. The van der Waals surface area contributed by atoms with Crippen LogP contribution in [-0.4, -0.2) is 46.0 Å². The average molecular weight is 588 g/mol. The predicted molar refractivity (Wildman–Crippen MR) is 160 cm³/mol. The second kappa shape index (κ2) is 11.0. The molecule has 218 valence electrons. The van der Waals surface area contributed by atoms with Crippen LogP contribution in [0, 0.1) is 11.8 Å². The van der Waals surface area contributed by atoms with E-state index < -0.39 is 5.76 Å². The number of aromatic amines is 1. The first kappa shape index (κ1) is 26.9. The molecule has 2 aliphatic rings. The molecule has 1 saturated carbocycles. The van der Waals surface area contributed by atoms with E-state index in [-0.39, 0.29) is 11.9 Å². The van der Waals surface area contributed by atoms with Gasteiger partial charge in [0, 0.05) is 43.8 Å². The second-order valence-electron chi connectivity index (χ2n) is 11.6. The van der Waals surface area contributed by atoms with Crippen molar-refractivity contribution in [3.63, 3.8) is 0 Å². The number of fused-ring (bicyclic) bond motifs is 1. The molecule has 11 nitrogen and oxygen atoms in total. The number of nitrogens with one attached hydrogen (secondary N) is 1. The summed E-state index contributed by atoms with van der Waals surface area (Å²) in [6.07, 6.45) is 12.2. The van der Waals surface area contributed by atoms with Crippen molar-refractivity contribution in [1.82, 2.24) is 39.4 Å². The third kappa shape index (κ3) is 4.89. The largest absolute Gasteiger partial charge is 0.439 e. The first-order valence-corrected chi connectivity index (χ1v) is 15.2. The first-order valence-electron chi connectivity index (χ1n) is 14.9. The zero-order valence-electron chi connectivity index (χ0n) is 23.8. The lowest BCUT2D eigenvalue weighted by Gasteiger charge is -2.30. The highest BCUT2D eigenvalue weighted by Crippen LogP contribution is 2.41. The zero-order chi connectivity index (χ0) is 28.8. The summed E-state index contributed by atoms with van der Waals surface area (Å²) in [6.45, 7) is 7.04. The minimum absolute atomic E-state index is 0.171. The Morgan fingerprint density at radius 2 is 1.98 bits per heavy atom. The Hall–Kier alpha value is -3.99. The molecule has 0 amide bonds. The first-order chi connectivity index (χ1) is 20.5. The Morgan fingerprint density at radius 1 is 1.12 bits per heavy atom. The molecule has 1 aliphatic heterocycles. The van der Waals surface area contributed by atoms with E-state index in [9.17, 15) is 4.79 Å². The monoisotopic (exact) mass is 587 g/mol. The number of halogens is 1. The van der Waals surface area contributed by atoms with E-state index in [1.165, 1.54) is 31.4 Å². The predicted octanol–water partition coefficient (Wildman–Crippen LogP) is 5.87. The molecule has 0 spiro atoms. The maximum atomic E-state index is 11.8. The number of imidazole rings is 1. The maximum absolute atomic E-state index is 11.8. The van der Waals surface area contributed by atoms with E-state index in [0.717, 1.165) is 60.9 Å². The molecule has 42 heavy (non-hydrogen) atoms. The number of nitrogens with zero attached hydrogens (tertiary/aromatic N) is 8. The Balaban J connectivity index is 1.45. The molecular formula is C30H34ClN9O2. The number of aromatic nitrogens is 8. The van der Waals surface area contributed by atoms with E-state index >= 15 is 0 Å². The van der Waals surface area contributed by atoms with Gasteiger partial charge in [-0.2, -0.15) is 5.10 Å². The smallest absolute Gasteiger partial charge is 0.334 e. The lowest BCUT2D eigenvalue weighted by molar-refractivity contribution is 0.266. The number of H-pyrrole nitrogens is 1. The van der Waals surface area contributed by atoms with Gasteiger partial charge in [0.15, 0.2) is 0 Å². The fourth-order valence-electron chi connectivity index (χ4n) is 6.71. The van der Waals surface area contributed by atoms with Crippen LogP contribution in [0.3, 0.4) is 0 Å². The van der Waals surface area contributed by atoms with Crippen LogP contribution >= 0.6 is 11.6 Å². The highest BCUT2D eigenvalue weighted by atomic mass is 35.5. The molecule has 0 radical (unpaired) electrons. The Kier molecular flexibility index (Phi) is 7.05. The molecule has 5 aromatic heterocycles. The summed E-state index contributed by atoms with van der Waals surface area (Å²) in [5, 5.41) is 9.00. The number of aryl methyl sites for hydroxylation is 1. The molecule has 1 atom stereocenters. The minimum Gasteiger partial charge on any atom is -0.334 e. The van der Waals surface area contributed by atoms with E-state index in [1.54, 1.807) is 12.4 Å². The van der Waals surface area contributed by atoms with Gasteiger partial charge in [0.1, 0.15) is 5.69 Å². The summed E-state index contributed by atoms with van der Waals surface area (Å²) in [5.74, 6) is 1.85. The van der Waals surface area contributed by atoms with Gasteiger partial charge in [0.2, 0.25) is 11.8 Å². The Labute approximate surface area is 247 Å². The standard InChI is InChI=1S/C30H34ClN9O2/c1-3-40-25(10-11-33-40)24-5-4-12-38(24)29-35-22-14-23(28-36-30(41)42-37-28)34-26(20-13-21(31)16-32-15-20)27(22)39(29)17-19-8-6-18(2)7-9-19/h10-11,13-16,18-19,24H,3-9,12,17H2,1-2H3,(H,36,37,41)/t18-,19-,24?. The molecule has 1 aliphatic carbocycles. The SMILES string of the molecule is CCn1nccc1C1CCCN1c1nc2cc(-c3noc(=O)[nH]3)nc(-c3cncc(Cl)c3)c2n1C[C@H]1CC[C@H](C)CC1.